The van der Waals surface area contributed by atoms with Gasteiger partial charge in [-0.2, -0.15) is 0 Å². The first kappa shape index (κ1) is 20.3. The van der Waals surface area contributed by atoms with Gasteiger partial charge in [-0.15, -0.1) is 0 Å². The van der Waals surface area contributed by atoms with E-state index in [1.807, 2.05) is 24.3 Å². The zero-order valence-electron chi connectivity index (χ0n) is 14.8. The molecule has 0 spiro atoms. The maximum Gasteiger partial charge on any atom is 0.258 e. The van der Waals surface area contributed by atoms with Crippen LogP contribution in [0.1, 0.15) is 10.4 Å². The maximum atomic E-state index is 12.5. The van der Waals surface area contributed by atoms with Crippen molar-refractivity contribution >= 4 is 68.8 Å². The van der Waals surface area contributed by atoms with Crippen LogP contribution in [-0.4, -0.2) is 49.1 Å². The van der Waals surface area contributed by atoms with Gasteiger partial charge in [-0.1, -0.05) is 23.7 Å². The van der Waals surface area contributed by atoms with E-state index >= 15 is 0 Å². The number of amides is 1. The molecule has 27 heavy (non-hydrogen) atoms. The Balaban J connectivity index is 1.69. The Morgan fingerprint density at radius 2 is 1.85 bits per heavy atom. The fraction of sp³-hybridized carbons (Fsp3) is 0.263. The van der Waals surface area contributed by atoms with Crippen LogP contribution in [0.15, 0.2) is 42.5 Å². The Bertz CT molecular complexity index is 855. The number of piperazine rings is 1. The van der Waals surface area contributed by atoms with E-state index < -0.39 is 0 Å². The number of rotatable bonds is 3. The van der Waals surface area contributed by atoms with Crippen LogP contribution < -0.4 is 15.5 Å². The van der Waals surface area contributed by atoms with Crippen molar-refractivity contribution in [2.75, 3.05) is 43.4 Å². The number of halogens is 2. The number of likely N-dealkylation sites (N-methyl/N-ethyl adjacent to an activating group) is 1. The predicted octanol–water partition coefficient (Wildman–Crippen LogP) is 3.82. The fourth-order valence-corrected chi connectivity index (χ4v) is 3.80. The molecule has 8 heteroatoms. The van der Waals surface area contributed by atoms with Gasteiger partial charge in [-0.3, -0.25) is 10.1 Å². The quantitative estimate of drug-likeness (QED) is 0.482. The number of hydrogen-bond donors (Lipinski definition) is 2. The van der Waals surface area contributed by atoms with Crippen LogP contribution in [0.2, 0.25) is 5.02 Å². The molecule has 0 unspecified atom stereocenters. The van der Waals surface area contributed by atoms with Crippen molar-refractivity contribution in [3.05, 3.63) is 56.6 Å². The molecule has 5 nitrogen and oxygen atoms in total. The summed E-state index contributed by atoms with van der Waals surface area (Å²) in [5.74, 6) is -0.326. The lowest BCUT2D eigenvalue weighted by Crippen LogP contribution is -2.45. The van der Waals surface area contributed by atoms with Gasteiger partial charge in [-0.05, 0) is 72.2 Å². The van der Waals surface area contributed by atoms with Gasteiger partial charge in [0.25, 0.3) is 5.91 Å². The number of carbonyl (C=O) groups excluding carboxylic acids is 1. The van der Waals surface area contributed by atoms with Gasteiger partial charge in [0.15, 0.2) is 5.11 Å². The average molecular weight is 515 g/mol. The molecular formula is C19H20ClIN4OS. The van der Waals surface area contributed by atoms with E-state index in [0.29, 0.717) is 10.6 Å². The zero-order chi connectivity index (χ0) is 19.4. The second kappa shape index (κ2) is 9.18. The normalized spacial score (nSPS) is 14.7. The van der Waals surface area contributed by atoms with Gasteiger partial charge >= 0.3 is 0 Å². The van der Waals surface area contributed by atoms with Gasteiger partial charge in [0.1, 0.15) is 0 Å². The summed E-state index contributed by atoms with van der Waals surface area (Å²) in [6.07, 6.45) is 0. The molecule has 142 valence electrons. The van der Waals surface area contributed by atoms with Gasteiger partial charge in [0.05, 0.1) is 22.0 Å². The summed E-state index contributed by atoms with van der Waals surface area (Å²) in [5, 5.41) is 6.51. The number of benzene rings is 2. The van der Waals surface area contributed by atoms with Crippen LogP contribution in [0.5, 0.6) is 0 Å². The van der Waals surface area contributed by atoms with Gasteiger partial charge in [0.2, 0.25) is 0 Å². The molecule has 2 aromatic carbocycles. The van der Waals surface area contributed by atoms with Crippen LogP contribution in [0, 0.1) is 3.57 Å². The number of thiocarbonyl (C=S) groups is 1. The monoisotopic (exact) mass is 514 g/mol. The lowest BCUT2D eigenvalue weighted by Gasteiger charge is -2.35. The van der Waals surface area contributed by atoms with Crippen LogP contribution in [0.3, 0.4) is 0 Å². The van der Waals surface area contributed by atoms with E-state index in [-0.39, 0.29) is 11.0 Å². The highest BCUT2D eigenvalue weighted by molar-refractivity contribution is 14.1. The second-order valence-corrected chi connectivity index (χ2v) is 8.40. The molecule has 3 rings (SSSR count). The molecule has 1 saturated heterocycles. The highest BCUT2D eigenvalue weighted by Gasteiger charge is 2.18. The SMILES string of the molecule is CN1CCN(c2ccccc2NC(=S)NC(=O)c2cc(I)ccc2Cl)CC1. The van der Waals surface area contributed by atoms with E-state index in [4.69, 9.17) is 23.8 Å². The van der Waals surface area contributed by atoms with Crippen LogP contribution in [0.4, 0.5) is 11.4 Å². The molecule has 0 aliphatic carbocycles. The summed E-state index contributed by atoms with van der Waals surface area (Å²) in [7, 11) is 2.13. The smallest absolute Gasteiger partial charge is 0.258 e. The Hall–Kier alpha value is -1.42. The van der Waals surface area contributed by atoms with Crippen molar-refractivity contribution in [1.29, 1.82) is 0 Å². The second-order valence-electron chi connectivity index (χ2n) is 6.34. The molecule has 1 aliphatic rings. The molecule has 0 radical (unpaired) electrons. The van der Waals surface area contributed by atoms with E-state index in [2.05, 4.69) is 56.1 Å². The first-order valence-electron chi connectivity index (χ1n) is 8.54. The van der Waals surface area contributed by atoms with Gasteiger partial charge in [-0.25, -0.2) is 0 Å². The first-order valence-corrected chi connectivity index (χ1v) is 10.4. The van der Waals surface area contributed by atoms with E-state index in [1.165, 1.54) is 0 Å². The molecule has 1 fully saturated rings. The summed E-state index contributed by atoms with van der Waals surface area (Å²) in [5.41, 5.74) is 2.36. The minimum atomic E-state index is -0.326. The number of nitrogens with one attached hydrogen (secondary N) is 2. The molecular weight excluding hydrogens is 495 g/mol. The largest absolute Gasteiger partial charge is 0.367 e. The summed E-state index contributed by atoms with van der Waals surface area (Å²) >= 11 is 13.6. The molecule has 1 aliphatic heterocycles. The Labute approximate surface area is 183 Å². The van der Waals surface area contributed by atoms with Crippen LogP contribution in [-0.2, 0) is 0 Å². The van der Waals surface area contributed by atoms with Crippen molar-refractivity contribution in [2.24, 2.45) is 0 Å². The average Bonchev–Trinajstić information content (AvgIpc) is 2.65. The van der Waals surface area contributed by atoms with Crippen LogP contribution in [0.25, 0.3) is 0 Å². The van der Waals surface area contributed by atoms with Crippen molar-refractivity contribution in [3.8, 4) is 0 Å². The van der Waals surface area contributed by atoms with E-state index in [1.54, 1.807) is 12.1 Å². The molecule has 1 amide bonds. The number of hydrogen-bond acceptors (Lipinski definition) is 4. The predicted molar refractivity (Wildman–Crippen MR) is 124 cm³/mol. The summed E-state index contributed by atoms with van der Waals surface area (Å²) in [6, 6.07) is 13.3. The zero-order valence-corrected chi connectivity index (χ0v) is 18.6. The Kier molecular flexibility index (Phi) is 6.91. The third kappa shape index (κ3) is 5.31. The van der Waals surface area contributed by atoms with Crippen molar-refractivity contribution in [3.63, 3.8) is 0 Å². The third-order valence-electron chi connectivity index (χ3n) is 4.40. The standard InChI is InChI=1S/C19H20ClIN4OS/c1-24-8-10-25(11-9-24)17-5-3-2-4-16(17)22-19(27)23-18(26)14-12-13(21)6-7-15(14)20/h2-7,12H,8-11H2,1H3,(H2,22,23,26,27). The van der Waals surface area contributed by atoms with E-state index in [0.717, 1.165) is 41.1 Å². The summed E-state index contributed by atoms with van der Waals surface area (Å²) in [6.45, 7) is 3.93. The van der Waals surface area contributed by atoms with Crippen molar-refractivity contribution in [2.45, 2.75) is 0 Å². The topological polar surface area (TPSA) is 47.6 Å². The Morgan fingerprint density at radius 1 is 1.15 bits per heavy atom. The minimum Gasteiger partial charge on any atom is -0.367 e. The lowest BCUT2D eigenvalue weighted by molar-refractivity contribution is 0.0978. The van der Waals surface area contributed by atoms with Crippen LogP contribution >= 0.6 is 46.4 Å². The van der Waals surface area contributed by atoms with Gasteiger partial charge < -0.3 is 15.1 Å². The molecule has 1 heterocycles. The number of anilines is 2. The third-order valence-corrected chi connectivity index (χ3v) is 5.60. The van der Waals surface area contributed by atoms with Gasteiger partial charge in [0, 0.05) is 29.7 Å². The van der Waals surface area contributed by atoms with Crippen molar-refractivity contribution in [1.82, 2.24) is 10.2 Å². The number of carbonyl (C=O) groups is 1. The molecule has 2 N–H and O–H groups in total. The molecule has 0 aromatic heterocycles. The molecule has 0 saturated carbocycles. The fourth-order valence-electron chi connectivity index (χ4n) is 2.90. The maximum absolute atomic E-state index is 12.5. The van der Waals surface area contributed by atoms with E-state index in [9.17, 15) is 4.79 Å². The summed E-state index contributed by atoms with van der Waals surface area (Å²) < 4.78 is 0.932. The number of nitrogens with zero attached hydrogens (tertiary/aromatic N) is 2. The minimum absolute atomic E-state index is 0.247. The molecule has 2 aromatic rings. The molecule has 0 atom stereocenters. The highest BCUT2D eigenvalue weighted by atomic mass is 127. The molecule has 0 bridgehead atoms. The summed E-state index contributed by atoms with van der Waals surface area (Å²) in [4.78, 5) is 17.1. The first-order chi connectivity index (χ1) is 12.9. The van der Waals surface area contributed by atoms with Crippen molar-refractivity contribution < 1.29 is 4.79 Å². The Morgan fingerprint density at radius 3 is 2.59 bits per heavy atom. The number of para-hydroxylation sites is 2. The lowest BCUT2D eigenvalue weighted by atomic mass is 10.2. The highest BCUT2D eigenvalue weighted by Crippen LogP contribution is 2.26.